The third-order valence-electron chi connectivity index (χ3n) is 4.77. The van der Waals surface area contributed by atoms with E-state index >= 15 is 0 Å². The van der Waals surface area contributed by atoms with E-state index < -0.39 is 14.6 Å². The van der Waals surface area contributed by atoms with E-state index in [1.54, 1.807) is 13.8 Å². The van der Waals surface area contributed by atoms with Gasteiger partial charge in [-0.1, -0.05) is 12.1 Å². The molecule has 0 atom stereocenters. The highest BCUT2D eigenvalue weighted by Crippen LogP contribution is 2.21. The maximum Gasteiger partial charge on any atom is 0.227 e. The number of hydrogen-bond acceptors (Lipinski definition) is 4. The predicted octanol–water partition coefficient (Wildman–Crippen LogP) is 2.31. The molecular weight excluding hydrogens is 491 g/mol. The number of sulfone groups is 1. The van der Waals surface area contributed by atoms with Crippen LogP contribution in [-0.2, 0) is 21.2 Å². The number of hydrogen-bond donors (Lipinski definition) is 2. The fourth-order valence-electron chi connectivity index (χ4n) is 2.64. The Morgan fingerprint density at radius 2 is 1.86 bits per heavy atom. The van der Waals surface area contributed by atoms with Crippen molar-refractivity contribution in [2.75, 3.05) is 30.8 Å². The van der Waals surface area contributed by atoms with Crippen molar-refractivity contribution < 1.29 is 13.2 Å². The van der Waals surface area contributed by atoms with Crippen LogP contribution < -0.4 is 15.5 Å². The maximum atomic E-state index is 11.8. The molecule has 28 heavy (non-hydrogen) atoms. The Kier molecular flexibility index (Phi) is 9.19. The highest BCUT2D eigenvalue weighted by atomic mass is 127. The molecule has 0 radical (unpaired) electrons. The Labute approximate surface area is 185 Å². The number of carbonyl (C=O) groups is 1. The molecule has 0 aromatic heterocycles. The Morgan fingerprint density at radius 3 is 2.36 bits per heavy atom. The number of aliphatic imine (C=N–C) groups is 1. The van der Waals surface area contributed by atoms with E-state index in [9.17, 15) is 13.2 Å². The van der Waals surface area contributed by atoms with Crippen molar-refractivity contribution in [3.05, 3.63) is 29.8 Å². The molecule has 0 saturated carbocycles. The summed E-state index contributed by atoms with van der Waals surface area (Å²) in [4.78, 5) is 18.2. The van der Waals surface area contributed by atoms with Crippen molar-refractivity contribution in [3.8, 4) is 0 Å². The van der Waals surface area contributed by atoms with Crippen LogP contribution in [0.1, 0.15) is 39.2 Å². The van der Waals surface area contributed by atoms with Crippen LogP contribution in [0.4, 0.5) is 5.69 Å². The minimum atomic E-state index is -3.18. The van der Waals surface area contributed by atoms with Gasteiger partial charge in [0.05, 0.1) is 11.3 Å². The lowest BCUT2D eigenvalue weighted by atomic mass is 10.2. The Hall–Kier alpha value is -1.36. The smallest absolute Gasteiger partial charge is 0.227 e. The van der Waals surface area contributed by atoms with E-state index in [4.69, 9.17) is 0 Å². The number of guanidine groups is 1. The SMILES string of the molecule is CCNC(=NCc1ccc(N2CCCC2=O)cc1)NCC(C)(C)S(C)(=O)=O.I. The lowest BCUT2D eigenvalue weighted by Gasteiger charge is -2.24. The Bertz CT molecular complexity index is 792. The van der Waals surface area contributed by atoms with E-state index in [0.717, 1.165) is 24.2 Å². The highest BCUT2D eigenvalue weighted by molar-refractivity contribution is 14.0. The summed E-state index contributed by atoms with van der Waals surface area (Å²) < 4.78 is 22.8. The number of nitrogens with zero attached hydrogens (tertiary/aromatic N) is 2. The summed E-state index contributed by atoms with van der Waals surface area (Å²) in [6.45, 7) is 7.54. The quantitative estimate of drug-likeness (QED) is 0.326. The fourth-order valence-corrected chi connectivity index (χ4v) is 2.98. The first kappa shape index (κ1) is 24.7. The first-order valence-electron chi connectivity index (χ1n) is 9.25. The molecular formula is C19H31IN4O3S. The van der Waals surface area contributed by atoms with Crippen LogP contribution in [-0.4, -0.2) is 50.9 Å². The molecule has 1 aromatic rings. The molecule has 1 saturated heterocycles. The standard InChI is InChI=1S/C19H30N4O3S.HI/c1-5-20-18(22-14-19(2,3)27(4,25)26)21-13-15-8-10-16(11-9-15)23-12-6-7-17(23)24;/h8-11H,5-7,12-14H2,1-4H3,(H2,20,21,22);1H. The van der Waals surface area contributed by atoms with Crippen molar-refractivity contribution in [2.45, 2.75) is 44.9 Å². The summed E-state index contributed by atoms with van der Waals surface area (Å²) in [5.41, 5.74) is 1.94. The van der Waals surface area contributed by atoms with Gasteiger partial charge in [-0.05, 0) is 44.9 Å². The minimum Gasteiger partial charge on any atom is -0.357 e. The van der Waals surface area contributed by atoms with Crippen molar-refractivity contribution in [1.82, 2.24) is 10.6 Å². The van der Waals surface area contributed by atoms with Gasteiger partial charge in [-0.25, -0.2) is 13.4 Å². The van der Waals surface area contributed by atoms with Crippen molar-refractivity contribution in [3.63, 3.8) is 0 Å². The van der Waals surface area contributed by atoms with Crippen LogP contribution in [0, 0.1) is 0 Å². The molecule has 2 rings (SSSR count). The van der Waals surface area contributed by atoms with Crippen molar-refractivity contribution in [2.24, 2.45) is 4.99 Å². The third kappa shape index (κ3) is 6.61. The van der Waals surface area contributed by atoms with E-state index in [1.165, 1.54) is 6.26 Å². The number of nitrogens with one attached hydrogen (secondary N) is 2. The van der Waals surface area contributed by atoms with E-state index in [-0.39, 0.29) is 36.4 Å². The number of rotatable bonds is 7. The normalized spacial score (nSPS) is 15.4. The number of halogens is 1. The van der Waals surface area contributed by atoms with Crippen LogP contribution in [0.3, 0.4) is 0 Å². The molecule has 0 aliphatic carbocycles. The molecule has 1 fully saturated rings. The molecule has 2 N–H and O–H groups in total. The molecule has 1 heterocycles. The molecule has 1 aromatic carbocycles. The monoisotopic (exact) mass is 522 g/mol. The summed E-state index contributed by atoms with van der Waals surface area (Å²) in [6.07, 6.45) is 2.77. The zero-order valence-corrected chi connectivity index (χ0v) is 20.1. The van der Waals surface area contributed by atoms with Gasteiger partial charge in [0, 0.05) is 38.0 Å². The largest absolute Gasteiger partial charge is 0.357 e. The molecule has 1 aliphatic heterocycles. The average molecular weight is 522 g/mol. The van der Waals surface area contributed by atoms with Crippen LogP contribution in [0.2, 0.25) is 0 Å². The molecule has 9 heteroatoms. The second-order valence-corrected chi connectivity index (χ2v) is 10.0. The average Bonchev–Trinajstić information content (AvgIpc) is 3.03. The van der Waals surface area contributed by atoms with Gasteiger partial charge < -0.3 is 15.5 Å². The van der Waals surface area contributed by atoms with Crippen molar-refractivity contribution >= 4 is 51.4 Å². The predicted molar refractivity (Wildman–Crippen MR) is 125 cm³/mol. The summed E-state index contributed by atoms with van der Waals surface area (Å²) in [7, 11) is -3.18. The van der Waals surface area contributed by atoms with Crippen LogP contribution >= 0.6 is 24.0 Å². The van der Waals surface area contributed by atoms with Gasteiger partial charge in [0.2, 0.25) is 5.91 Å². The topological polar surface area (TPSA) is 90.9 Å². The number of anilines is 1. The molecule has 0 bridgehead atoms. The molecule has 0 spiro atoms. The number of benzene rings is 1. The second kappa shape index (κ2) is 10.4. The van der Waals surface area contributed by atoms with Crippen LogP contribution in [0.15, 0.2) is 29.3 Å². The molecule has 7 nitrogen and oxygen atoms in total. The molecule has 0 unspecified atom stereocenters. The zero-order chi connectivity index (χ0) is 20.1. The van der Waals surface area contributed by atoms with E-state index in [1.807, 2.05) is 36.1 Å². The maximum absolute atomic E-state index is 11.8. The Balaban J connectivity index is 0.00000392. The first-order valence-corrected chi connectivity index (χ1v) is 11.1. The number of carbonyl (C=O) groups excluding carboxylic acids is 1. The van der Waals surface area contributed by atoms with Gasteiger partial charge in [-0.15, -0.1) is 24.0 Å². The minimum absolute atomic E-state index is 0. The lowest BCUT2D eigenvalue weighted by molar-refractivity contribution is -0.117. The Morgan fingerprint density at radius 1 is 1.21 bits per heavy atom. The molecule has 1 amide bonds. The van der Waals surface area contributed by atoms with Gasteiger partial charge in [-0.3, -0.25) is 4.79 Å². The zero-order valence-electron chi connectivity index (χ0n) is 17.0. The van der Waals surface area contributed by atoms with Gasteiger partial charge in [0.1, 0.15) is 0 Å². The van der Waals surface area contributed by atoms with Crippen LogP contribution in [0.5, 0.6) is 0 Å². The van der Waals surface area contributed by atoms with E-state index in [2.05, 4.69) is 15.6 Å². The highest BCUT2D eigenvalue weighted by Gasteiger charge is 2.30. The third-order valence-corrected chi connectivity index (χ3v) is 6.92. The molecule has 1 aliphatic rings. The second-order valence-electron chi connectivity index (χ2n) is 7.40. The molecule has 158 valence electrons. The van der Waals surface area contributed by atoms with Crippen LogP contribution in [0.25, 0.3) is 0 Å². The van der Waals surface area contributed by atoms with Gasteiger partial charge in [0.15, 0.2) is 15.8 Å². The van der Waals surface area contributed by atoms with Gasteiger partial charge >= 0.3 is 0 Å². The summed E-state index contributed by atoms with van der Waals surface area (Å²) in [6, 6.07) is 7.82. The van der Waals surface area contributed by atoms with Gasteiger partial charge in [0.25, 0.3) is 0 Å². The summed E-state index contributed by atoms with van der Waals surface area (Å²) >= 11 is 0. The van der Waals surface area contributed by atoms with E-state index in [0.29, 0.717) is 25.5 Å². The summed E-state index contributed by atoms with van der Waals surface area (Å²) in [5, 5.41) is 6.24. The number of amides is 1. The van der Waals surface area contributed by atoms with Crippen molar-refractivity contribution in [1.29, 1.82) is 0 Å². The fraction of sp³-hybridized carbons (Fsp3) is 0.579. The lowest BCUT2D eigenvalue weighted by Crippen LogP contribution is -2.47. The summed E-state index contributed by atoms with van der Waals surface area (Å²) in [5.74, 6) is 0.751. The van der Waals surface area contributed by atoms with Gasteiger partial charge in [-0.2, -0.15) is 0 Å². The first-order chi connectivity index (χ1) is 12.6.